The fourth-order valence-corrected chi connectivity index (χ4v) is 4.11. The standard InChI is InChI=1S/C21H32N4O2/c1-15-8-9-17(23-20(26)12-16-6-5-7-18(16)22)13-19(15)24-21(27)14-25-10-3-2-4-11-25/h8-9,13,16,18H,2-7,10-12,14,22H2,1H3,(H,23,26)(H,24,27)/t16-,18+/m0/s1. The molecular formula is C21H32N4O2. The van der Waals surface area contributed by atoms with Crippen molar-refractivity contribution in [2.45, 2.75) is 57.9 Å². The van der Waals surface area contributed by atoms with Gasteiger partial charge in [0.25, 0.3) is 0 Å². The summed E-state index contributed by atoms with van der Waals surface area (Å²) in [5.74, 6) is 0.270. The predicted molar refractivity (Wildman–Crippen MR) is 109 cm³/mol. The molecule has 2 amide bonds. The molecule has 2 atom stereocenters. The number of benzene rings is 1. The van der Waals surface area contributed by atoms with E-state index < -0.39 is 0 Å². The number of nitrogens with one attached hydrogen (secondary N) is 2. The van der Waals surface area contributed by atoms with Crippen LogP contribution in [0.2, 0.25) is 0 Å². The number of carbonyl (C=O) groups is 2. The molecule has 6 heteroatoms. The highest BCUT2D eigenvalue weighted by molar-refractivity contribution is 5.95. The number of anilines is 2. The first kappa shape index (κ1) is 19.8. The average Bonchev–Trinajstić information content (AvgIpc) is 3.03. The molecule has 1 aliphatic heterocycles. The molecule has 0 unspecified atom stereocenters. The number of hydrogen-bond acceptors (Lipinski definition) is 4. The smallest absolute Gasteiger partial charge is 0.238 e. The normalized spacial score (nSPS) is 23.2. The van der Waals surface area contributed by atoms with E-state index in [0.717, 1.165) is 43.6 Å². The van der Waals surface area contributed by atoms with Crippen LogP contribution in [0.1, 0.15) is 50.5 Å². The summed E-state index contributed by atoms with van der Waals surface area (Å²) in [7, 11) is 0. The fourth-order valence-electron chi connectivity index (χ4n) is 4.11. The van der Waals surface area contributed by atoms with E-state index in [1.165, 1.54) is 19.3 Å². The summed E-state index contributed by atoms with van der Waals surface area (Å²) in [6, 6.07) is 5.78. The van der Waals surface area contributed by atoms with Crippen LogP contribution in [-0.2, 0) is 9.59 Å². The van der Waals surface area contributed by atoms with Gasteiger partial charge in [-0.15, -0.1) is 0 Å². The predicted octanol–water partition coefficient (Wildman–Crippen LogP) is 2.88. The summed E-state index contributed by atoms with van der Waals surface area (Å²) in [5.41, 5.74) is 8.52. The maximum atomic E-state index is 12.4. The van der Waals surface area contributed by atoms with E-state index in [-0.39, 0.29) is 23.8 Å². The maximum Gasteiger partial charge on any atom is 0.238 e. The van der Waals surface area contributed by atoms with E-state index in [0.29, 0.717) is 18.7 Å². The minimum absolute atomic E-state index is 0.000376. The number of carbonyl (C=O) groups excluding carboxylic acids is 2. The fraction of sp³-hybridized carbons (Fsp3) is 0.619. The zero-order chi connectivity index (χ0) is 19.2. The molecule has 1 saturated carbocycles. The van der Waals surface area contributed by atoms with Gasteiger partial charge in [0.05, 0.1) is 6.54 Å². The van der Waals surface area contributed by atoms with Crippen molar-refractivity contribution < 1.29 is 9.59 Å². The highest BCUT2D eigenvalue weighted by Crippen LogP contribution is 2.27. The topological polar surface area (TPSA) is 87.5 Å². The third-order valence-electron chi connectivity index (χ3n) is 5.78. The van der Waals surface area contributed by atoms with Crippen LogP contribution < -0.4 is 16.4 Å². The van der Waals surface area contributed by atoms with Gasteiger partial charge in [0.15, 0.2) is 0 Å². The minimum Gasteiger partial charge on any atom is -0.327 e. The molecule has 4 N–H and O–H groups in total. The van der Waals surface area contributed by atoms with E-state index in [2.05, 4.69) is 15.5 Å². The number of aryl methyl sites for hydroxylation is 1. The highest BCUT2D eigenvalue weighted by Gasteiger charge is 2.26. The van der Waals surface area contributed by atoms with Crippen molar-refractivity contribution >= 4 is 23.2 Å². The van der Waals surface area contributed by atoms with Gasteiger partial charge in [-0.25, -0.2) is 0 Å². The van der Waals surface area contributed by atoms with Gasteiger partial charge in [-0.2, -0.15) is 0 Å². The van der Waals surface area contributed by atoms with Crippen LogP contribution in [0.15, 0.2) is 18.2 Å². The number of piperidine rings is 1. The van der Waals surface area contributed by atoms with E-state index in [1.54, 1.807) is 0 Å². The zero-order valence-electron chi connectivity index (χ0n) is 16.3. The van der Waals surface area contributed by atoms with E-state index in [4.69, 9.17) is 5.73 Å². The molecule has 1 heterocycles. The maximum absolute atomic E-state index is 12.4. The van der Waals surface area contributed by atoms with E-state index in [9.17, 15) is 9.59 Å². The summed E-state index contributed by atoms with van der Waals surface area (Å²) in [4.78, 5) is 26.9. The van der Waals surface area contributed by atoms with Crippen molar-refractivity contribution in [3.8, 4) is 0 Å². The molecular weight excluding hydrogens is 340 g/mol. The van der Waals surface area contributed by atoms with Crippen LogP contribution in [0, 0.1) is 12.8 Å². The molecule has 0 bridgehead atoms. The lowest BCUT2D eigenvalue weighted by Crippen LogP contribution is -2.36. The minimum atomic E-state index is -0.00760. The highest BCUT2D eigenvalue weighted by atomic mass is 16.2. The first-order valence-corrected chi connectivity index (χ1v) is 10.2. The zero-order valence-corrected chi connectivity index (χ0v) is 16.3. The molecule has 1 saturated heterocycles. The number of rotatable bonds is 6. The first-order valence-electron chi connectivity index (χ1n) is 10.2. The Balaban J connectivity index is 1.55. The van der Waals surface area contributed by atoms with Crippen LogP contribution in [0.4, 0.5) is 11.4 Å². The van der Waals surface area contributed by atoms with Crippen molar-refractivity contribution in [1.82, 2.24) is 4.90 Å². The lowest BCUT2D eigenvalue weighted by Gasteiger charge is -2.25. The molecule has 1 aliphatic carbocycles. The SMILES string of the molecule is Cc1ccc(NC(=O)C[C@@H]2CCC[C@H]2N)cc1NC(=O)CN1CCCCC1. The van der Waals surface area contributed by atoms with Gasteiger partial charge in [-0.1, -0.05) is 18.9 Å². The van der Waals surface area contributed by atoms with Crippen molar-refractivity contribution in [1.29, 1.82) is 0 Å². The molecule has 2 aliphatic rings. The Morgan fingerprint density at radius 3 is 2.56 bits per heavy atom. The first-order chi connectivity index (χ1) is 13.0. The molecule has 148 valence electrons. The largest absolute Gasteiger partial charge is 0.327 e. The summed E-state index contributed by atoms with van der Waals surface area (Å²) in [6.45, 7) is 4.37. The number of nitrogens with zero attached hydrogens (tertiary/aromatic N) is 1. The Morgan fingerprint density at radius 1 is 1.07 bits per heavy atom. The van der Waals surface area contributed by atoms with Gasteiger partial charge < -0.3 is 16.4 Å². The van der Waals surface area contributed by atoms with Crippen molar-refractivity contribution in [2.75, 3.05) is 30.3 Å². The second-order valence-corrected chi connectivity index (χ2v) is 8.02. The molecule has 1 aromatic carbocycles. The van der Waals surface area contributed by atoms with Gasteiger partial charge in [-0.05, 0) is 69.3 Å². The molecule has 0 radical (unpaired) electrons. The van der Waals surface area contributed by atoms with Gasteiger partial charge in [-0.3, -0.25) is 14.5 Å². The van der Waals surface area contributed by atoms with Gasteiger partial charge in [0.2, 0.25) is 11.8 Å². The molecule has 2 fully saturated rings. The summed E-state index contributed by atoms with van der Waals surface area (Å²) in [6.07, 6.45) is 7.19. The number of amides is 2. The van der Waals surface area contributed by atoms with Crippen molar-refractivity contribution in [3.05, 3.63) is 23.8 Å². The van der Waals surface area contributed by atoms with Crippen molar-refractivity contribution in [3.63, 3.8) is 0 Å². The average molecular weight is 373 g/mol. The second kappa shape index (κ2) is 9.33. The van der Waals surface area contributed by atoms with Crippen LogP contribution >= 0.6 is 0 Å². The van der Waals surface area contributed by atoms with Gasteiger partial charge >= 0.3 is 0 Å². The molecule has 3 rings (SSSR count). The van der Waals surface area contributed by atoms with E-state index in [1.807, 2.05) is 25.1 Å². The molecule has 0 spiro atoms. The lowest BCUT2D eigenvalue weighted by atomic mass is 10.00. The van der Waals surface area contributed by atoms with Gasteiger partial charge in [0, 0.05) is 23.8 Å². The van der Waals surface area contributed by atoms with Crippen LogP contribution in [0.3, 0.4) is 0 Å². The van der Waals surface area contributed by atoms with Crippen LogP contribution in [-0.4, -0.2) is 42.4 Å². The quantitative estimate of drug-likeness (QED) is 0.716. The number of hydrogen-bond donors (Lipinski definition) is 3. The summed E-state index contributed by atoms with van der Waals surface area (Å²) in [5, 5.41) is 5.95. The van der Waals surface area contributed by atoms with Crippen LogP contribution in [0.5, 0.6) is 0 Å². The Labute approximate surface area is 161 Å². The third-order valence-corrected chi connectivity index (χ3v) is 5.78. The molecule has 1 aromatic rings. The Kier molecular flexibility index (Phi) is 6.85. The molecule has 6 nitrogen and oxygen atoms in total. The Hall–Kier alpha value is -1.92. The monoisotopic (exact) mass is 372 g/mol. The van der Waals surface area contributed by atoms with Gasteiger partial charge in [0.1, 0.15) is 0 Å². The number of nitrogens with two attached hydrogens (primary N) is 1. The van der Waals surface area contributed by atoms with Crippen LogP contribution in [0.25, 0.3) is 0 Å². The second-order valence-electron chi connectivity index (χ2n) is 8.02. The molecule has 0 aromatic heterocycles. The Morgan fingerprint density at radius 2 is 1.85 bits per heavy atom. The number of likely N-dealkylation sites (tertiary alicyclic amines) is 1. The molecule has 27 heavy (non-hydrogen) atoms. The summed E-state index contributed by atoms with van der Waals surface area (Å²) >= 11 is 0. The summed E-state index contributed by atoms with van der Waals surface area (Å²) < 4.78 is 0. The Bertz CT molecular complexity index is 670. The lowest BCUT2D eigenvalue weighted by molar-refractivity contribution is -0.118. The van der Waals surface area contributed by atoms with Crippen molar-refractivity contribution in [2.24, 2.45) is 11.7 Å². The third kappa shape index (κ3) is 5.78. The van der Waals surface area contributed by atoms with E-state index >= 15 is 0 Å².